The predicted molar refractivity (Wildman–Crippen MR) is 113 cm³/mol. The van der Waals surface area contributed by atoms with Crippen molar-refractivity contribution in [2.45, 2.75) is 26.8 Å². The lowest BCUT2D eigenvalue weighted by Crippen LogP contribution is -2.26. The summed E-state index contributed by atoms with van der Waals surface area (Å²) < 4.78 is 1.75. The Kier molecular flexibility index (Phi) is 4.81. The zero-order valence-electron chi connectivity index (χ0n) is 15.8. The van der Waals surface area contributed by atoms with Gasteiger partial charge in [0.2, 0.25) is 0 Å². The molecule has 2 heterocycles. The van der Waals surface area contributed by atoms with Crippen molar-refractivity contribution in [3.05, 3.63) is 97.9 Å². The molecule has 138 valence electrons. The first-order chi connectivity index (χ1) is 13.6. The van der Waals surface area contributed by atoms with E-state index in [1.165, 1.54) is 0 Å². The maximum Gasteiger partial charge on any atom is 0.262 e. The van der Waals surface area contributed by atoms with Gasteiger partial charge in [0.15, 0.2) is 0 Å². The van der Waals surface area contributed by atoms with Crippen molar-refractivity contribution in [1.29, 1.82) is 5.26 Å². The van der Waals surface area contributed by atoms with Crippen LogP contribution in [0, 0.1) is 25.2 Å². The monoisotopic (exact) mass is 385 g/mol. The molecule has 0 N–H and O–H groups in total. The molecule has 2 aromatic carbocycles. The van der Waals surface area contributed by atoms with Crippen LogP contribution in [0.3, 0.4) is 0 Å². The molecular weight excluding hydrogens is 366 g/mol. The number of aromatic nitrogens is 2. The van der Waals surface area contributed by atoms with Gasteiger partial charge in [0.1, 0.15) is 10.7 Å². The van der Waals surface area contributed by atoms with Crippen LogP contribution in [0.15, 0.2) is 59.4 Å². The second-order valence-electron chi connectivity index (χ2n) is 6.86. The average molecular weight is 385 g/mol. The van der Waals surface area contributed by atoms with Crippen LogP contribution >= 0.6 is 11.3 Å². The Hall–Kier alpha value is -3.23. The summed E-state index contributed by atoms with van der Waals surface area (Å²) in [5, 5.41) is 9.89. The quantitative estimate of drug-likeness (QED) is 0.516. The van der Waals surface area contributed by atoms with E-state index >= 15 is 0 Å². The highest BCUT2D eigenvalue weighted by Crippen LogP contribution is 2.27. The Morgan fingerprint density at radius 2 is 1.82 bits per heavy atom. The lowest BCUT2D eigenvalue weighted by Gasteiger charge is -2.13. The summed E-state index contributed by atoms with van der Waals surface area (Å²) in [4.78, 5) is 20.2. The molecule has 4 rings (SSSR count). The van der Waals surface area contributed by atoms with Crippen molar-refractivity contribution in [3.8, 4) is 6.07 Å². The van der Waals surface area contributed by atoms with Crippen LogP contribution in [0.1, 0.15) is 33.0 Å². The summed E-state index contributed by atoms with van der Waals surface area (Å²) in [6.45, 7) is 4.40. The van der Waals surface area contributed by atoms with Crippen LogP contribution in [0.4, 0.5) is 0 Å². The van der Waals surface area contributed by atoms with E-state index in [1.54, 1.807) is 22.0 Å². The number of hydrogen-bond acceptors (Lipinski definition) is 4. The molecule has 2 aromatic heterocycles. The normalized spacial score (nSPS) is 10.9. The molecule has 0 fully saturated rings. The smallest absolute Gasteiger partial charge is 0.262 e. The molecule has 0 amide bonds. The number of thiophene rings is 1. The number of benzene rings is 2. The first-order valence-corrected chi connectivity index (χ1v) is 9.91. The highest BCUT2D eigenvalue weighted by atomic mass is 32.1. The van der Waals surface area contributed by atoms with Gasteiger partial charge >= 0.3 is 0 Å². The lowest BCUT2D eigenvalue weighted by molar-refractivity contribution is 0.694. The van der Waals surface area contributed by atoms with Gasteiger partial charge in [-0.15, -0.1) is 11.3 Å². The molecule has 0 atom stereocenters. The van der Waals surface area contributed by atoms with E-state index in [0.29, 0.717) is 23.9 Å². The van der Waals surface area contributed by atoms with Crippen LogP contribution in [0.5, 0.6) is 0 Å². The van der Waals surface area contributed by atoms with Crippen molar-refractivity contribution < 1.29 is 0 Å². The van der Waals surface area contributed by atoms with Crippen molar-refractivity contribution in [2.75, 3.05) is 0 Å². The number of nitrogens with zero attached hydrogens (tertiary/aromatic N) is 3. The van der Waals surface area contributed by atoms with Crippen molar-refractivity contribution >= 4 is 21.6 Å². The maximum absolute atomic E-state index is 13.4. The highest BCUT2D eigenvalue weighted by molar-refractivity contribution is 7.18. The van der Waals surface area contributed by atoms with E-state index in [2.05, 4.69) is 6.07 Å². The lowest BCUT2D eigenvalue weighted by atomic mass is 10.1. The molecule has 0 saturated carbocycles. The Morgan fingerprint density at radius 3 is 2.57 bits per heavy atom. The summed E-state index contributed by atoms with van der Waals surface area (Å²) in [6.07, 6.45) is 0.583. The third-order valence-electron chi connectivity index (χ3n) is 4.97. The SMILES string of the molecule is Cc1sc2nc(Cc3ccccc3)n(Cc3cccc(C#N)c3)c(=O)c2c1C. The molecule has 0 bridgehead atoms. The second kappa shape index (κ2) is 7.41. The van der Waals surface area contributed by atoms with Gasteiger partial charge in [0, 0.05) is 11.3 Å². The summed E-state index contributed by atoms with van der Waals surface area (Å²) in [5.41, 5.74) is 3.61. The minimum Gasteiger partial charge on any atom is -0.291 e. The number of nitriles is 1. The molecule has 4 aromatic rings. The molecule has 28 heavy (non-hydrogen) atoms. The zero-order valence-corrected chi connectivity index (χ0v) is 16.6. The first kappa shape index (κ1) is 18.1. The van der Waals surface area contributed by atoms with Crippen molar-refractivity contribution in [2.24, 2.45) is 0 Å². The largest absolute Gasteiger partial charge is 0.291 e. The van der Waals surface area contributed by atoms with Gasteiger partial charge in [0.05, 0.1) is 23.6 Å². The zero-order chi connectivity index (χ0) is 19.7. The van der Waals surface area contributed by atoms with Gasteiger partial charge in [-0.05, 0) is 42.7 Å². The summed E-state index contributed by atoms with van der Waals surface area (Å²) in [5.74, 6) is 0.743. The Morgan fingerprint density at radius 1 is 1.07 bits per heavy atom. The van der Waals surface area contributed by atoms with Crippen LogP contribution in [-0.2, 0) is 13.0 Å². The van der Waals surface area contributed by atoms with Gasteiger partial charge in [-0.1, -0.05) is 42.5 Å². The van der Waals surface area contributed by atoms with Crippen molar-refractivity contribution in [3.63, 3.8) is 0 Å². The number of hydrogen-bond donors (Lipinski definition) is 0. The number of rotatable bonds is 4. The molecule has 0 aliphatic heterocycles. The van der Waals surface area contributed by atoms with E-state index in [9.17, 15) is 10.1 Å². The minimum atomic E-state index is -0.0138. The number of aryl methyl sites for hydroxylation is 2. The third-order valence-corrected chi connectivity index (χ3v) is 6.07. The Labute approximate surface area is 167 Å². The van der Waals surface area contributed by atoms with Gasteiger partial charge in [-0.25, -0.2) is 4.98 Å². The molecule has 0 spiro atoms. The van der Waals surface area contributed by atoms with Gasteiger partial charge in [-0.3, -0.25) is 9.36 Å². The fourth-order valence-electron chi connectivity index (χ4n) is 3.37. The molecule has 0 saturated heterocycles. The molecule has 4 nitrogen and oxygen atoms in total. The highest BCUT2D eigenvalue weighted by Gasteiger charge is 2.17. The van der Waals surface area contributed by atoms with Crippen molar-refractivity contribution in [1.82, 2.24) is 9.55 Å². The average Bonchev–Trinajstić information content (AvgIpc) is 2.99. The fraction of sp³-hybridized carbons (Fsp3) is 0.174. The second-order valence-corrected chi connectivity index (χ2v) is 8.06. The summed E-state index contributed by atoms with van der Waals surface area (Å²) in [7, 11) is 0. The Balaban J connectivity index is 1.89. The Bertz CT molecular complexity index is 1260. The molecule has 5 heteroatoms. The van der Waals surface area contributed by atoms with Crippen LogP contribution < -0.4 is 5.56 Å². The first-order valence-electron chi connectivity index (χ1n) is 9.09. The maximum atomic E-state index is 13.4. The fourth-order valence-corrected chi connectivity index (χ4v) is 4.41. The van der Waals surface area contributed by atoms with E-state index in [-0.39, 0.29) is 5.56 Å². The van der Waals surface area contributed by atoms with Gasteiger partial charge in [0.25, 0.3) is 5.56 Å². The van der Waals surface area contributed by atoms with Crippen LogP contribution in [0.2, 0.25) is 0 Å². The summed E-state index contributed by atoms with van der Waals surface area (Å²) >= 11 is 1.57. The predicted octanol–water partition coefficient (Wildman–Crippen LogP) is 4.59. The summed E-state index contributed by atoms with van der Waals surface area (Å²) in [6, 6.07) is 19.6. The third kappa shape index (κ3) is 3.35. The molecule has 0 aliphatic carbocycles. The molecule has 0 radical (unpaired) electrons. The minimum absolute atomic E-state index is 0.0138. The number of fused-ring (bicyclic) bond motifs is 1. The van der Waals surface area contributed by atoms with E-state index in [0.717, 1.165) is 32.2 Å². The van der Waals surface area contributed by atoms with E-state index in [4.69, 9.17) is 4.98 Å². The van der Waals surface area contributed by atoms with Crippen LogP contribution in [0.25, 0.3) is 10.2 Å². The molecule has 0 unspecified atom stereocenters. The standard InChI is InChI=1S/C23H19N3OS/c1-15-16(2)28-22-21(15)23(27)26(14-19-10-6-9-18(11-19)13-24)20(25-22)12-17-7-4-3-5-8-17/h3-11H,12,14H2,1-2H3. The topological polar surface area (TPSA) is 58.7 Å². The van der Waals surface area contributed by atoms with Gasteiger partial charge < -0.3 is 0 Å². The van der Waals surface area contributed by atoms with E-state index in [1.807, 2.05) is 62.4 Å². The van der Waals surface area contributed by atoms with E-state index < -0.39 is 0 Å². The molecule has 0 aliphatic rings. The van der Waals surface area contributed by atoms with Gasteiger partial charge in [-0.2, -0.15) is 5.26 Å². The molecular formula is C23H19N3OS. The van der Waals surface area contributed by atoms with Crippen LogP contribution in [-0.4, -0.2) is 9.55 Å².